The third-order valence-corrected chi connectivity index (χ3v) is 6.15. The van der Waals surface area contributed by atoms with Crippen molar-refractivity contribution in [2.45, 2.75) is 38.4 Å². The van der Waals surface area contributed by atoms with E-state index in [4.69, 9.17) is 4.74 Å². The number of methoxy groups -OCH3 is 1. The molecule has 8 heteroatoms. The molecule has 0 radical (unpaired) electrons. The number of nitrogens with zero attached hydrogens (tertiary/aromatic N) is 2. The number of likely N-dealkylation sites (tertiary alicyclic amines) is 1. The Hall–Kier alpha value is -2.74. The monoisotopic (exact) mass is 401 g/mol. The van der Waals surface area contributed by atoms with Crippen molar-refractivity contribution in [3.63, 3.8) is 0 Å². The molecular weight excluding hydrogens is 374 g/mol. The normalized spacial score (nSPS) is 28.4. The van der Waals surface area contributed by atoms with Crippen LogP contribution in [0.3, 0.4) is 0 Å². The van der Waals surface area contributed by atoms with Gasteiger partial charge in [-0.3, -0.25) is 29.4 Å². The lowest BCUT2D eigenvalue weighted by Crippen LogP contribution is -2.58. The van der Waals surface area contributed by atoms with E-state index in [1.54, 1.807) is 14.0 Å². The molecule has 3 amide bonds. The molecule has 1 N–H and O–H groups in total. The predicted molar refractivity (Wildman–Crippen MR) is 104 cm³/mol. The van der Waals surface area contributed by atoms with Crippen molar-refractivity contribution in [1.82, 2.24) is 15.1 Å². The van der Waals surface area contributed by atoms with Gasteiger partial charge in [0.2, 0.25) is 17.7 Å². The topological polar surface area (TPSA) is 96.0 Å². The van der Waals surface area contributed by atoms with Gasteiger partial charge in [0.15, 0.2) is 0 Å². The summed E-state index contributed by atoms with van der Waals surface area (Å²) in [5.41, 5.74) is -0.459. The van der Waals surface area contributed by atoms with Crippen LogP contribution in [0.2, 0.25) is 0 Å². The first-order valence-corrected chi connectivity index (χ1v) is 9.73. The van der Waals surface area contributed by atoms with Crippen LogP contribution in [0, 0.1) is 11.8 Å². The molecule has 0 spiro atoms. The van der Waals surface area contributed by atoms with Gasteiger partial charge in [0.1, 0.15) is 5.54 Å². The maximum absolute atomic E-state index is 13.3. The Kier molecular flexibility index (Phi) is 5.75. The van der Waals surface area contributed by atoms with Crippen molar-refractivity contribution in [3.8, 4) is 0 Å². The number of amides is 3. The molecule has 0 aliphatic carbocycles. The summed E-state index contributed by atoms with van der Waals surface area (Å²) in [6.45, 7) is 3.59. The zero-order chi connectivity index (χ0) is 21.3. The third kappa shape index (κ3) is 3.42. The van der Waals surface area contributed by atoms with Gasteiger partial charge in [-0.15, -0.1) is 0 Å². The van der Waals surface area contributed by atoms with Crippen LogP contribution in [0.25, 0.3) is 0 Å². The first-order chi connectivity index (χ1) is 13.8. The molecule has 2 heterocycles. The van der Waals surface area contributed by atoms with Crippen LogP contribution < -0.4 is 5.32 Å². The van der Waals surface area contributed by atoms with Crippen molar-refractivity contribution in [3.05, 3.63) is 35.9 Å². The van der Waals surface area contributed by atoms with Crippen LogP contribution in [0.5, 0.6) is 0 Å². The van der Waals surface area contributed by atoms with Crippen LogP contribution in [0.4, 0.5) is 0 Å². The largest absolute Gasteiger partial charge is 0.468 e. The van der Waals surface area contributed by atoms with E-state index in [1.807, 2.05) is 30.3 Å². The van der Waals surface area contributed by atoms with E-state index in [0.29, 0.717) is 6.42 Å². The van der Waals surface area contributed by atoms with Crippen LogP contribution >= 0.6 is 0 Å². The molecule has 29 heavy (non-hydrogen) atoms. The molecule has 2 fully saturated rings. The number of carbonyl (C=O) groups is 4. The number of fused-ring (bicyclic) bond motifs is 1. The zero-order valence-electron chi connectivity index (χ0n) is 17.2. The average molecular weight is 401 g/mol. The molecule has 0 bridgehead atoms. The number of nitrogens with one attached hydrogen (secondary N) is 1. The summed E-state index contributed by atoms with van der Waals surface area (Å²) in [5, 5.41) is 3.20. The zero-order valence-corrected chi connectivity index (χ0v) is 17.2. The van der Waals surface area contributed by atoms with Gasteiger partial charge in [-0.25, -0.2) is 0 Å². The number of imide groups is 1. The van der Waals surface area contributed by atoms with Crippen molar-refractivity contribution in [2.24, 2.45) is 11.8 Å². The number of esters is 1. The Morgan fingerprint density at radius 1 is 1.21 bits per heavy atom. The van der Waals surface area contributed by atoms with Crippen molar-refractivity contribution in [2.75, 3.05) is 20.7 Å². The summed E-state index contributed by atoms with van der Waals surface area (Å²) in [6, 6.07) is 8.73. The molecule has 8 nitrogen and oxygen atoms in total. The molecule has 2 aliphatic heterocycles. The Balaban J connectivity index is 1.99. The standard InChI is InChI=1S/C21H27N3O5/c1-5-21(20(28)29-4)17-16(15(22-21)12-23(3)13(2)25)18(26)24(19(17)27)11-14-9-7-6-8-10-14/h6-10,15-17,22H,5,11-12H2,1-4H3/t15-,16+,17-,21-/m1/s1. The highest BCUT2D eigenvalue weighted by Crippen LogP contribution is 2.45. The second kappa shape index (κ2) is 7.94. The highest BCUT2D eigenvalue weighted by atomic mass is 16.5. The van der Waals surface area contributed by atoms with Crippen LogP contribution in [-0.4, -0.2) is 65.8 Å². The Labute approximate surface area is 170 Å². The minimum atomic E-state index is -1.29. The summed E-state index contributed by atoms with van der Waals surface area (Å²) < 4.78 is 5.01. The van der Waals surface area contributed by atoms with E-state index < -0.39 is 29.4 Å². The average Bonchev–Trinajstić information content (AvgIpc) is 3.17. The van der Waals surface area contributed by atoms with Gasteiger partial charge in [0, 0.05) is 26.6 Å². The van der Waals surface area contributed by atoms with E-state index in [0.717, 1.165) is 5.56 Å². The molecular formula is C21H27N3O5. The molecule has 1 aromatic rings. The lowest BCUT2D eigenvalue weighted by Gasteiger charge is -2.32. The minimum absolute atomic E-state index is 0.155. The molecule has 2 saturated heterocycles. The summed E-state index contributed by atoms with van der Waals surface area (Å²) in [5.74, 6) is -3.01. The number of likely N-dealkylation sites (N-methyl/N-ethyl adjacent to an activating group) is 1. The number of carbonyl (C=O) groups excluding carboxylic acids is 4. The Bertz CT molecular complexity index is 827. The number of rotatable bonds is 6. The second-order valence-electron chi connectivity index (χ2n) is 7.72. The highest BCUT2D eigenvalue weighted by Gasteiger charge is 2.67. The second-order valence-corrected chi connectivity index (χ2v) is 7.72. The Morgan fingerprint density at radius 3 is 2.41 bits per heavy atom. The molecule has 0 aromatic heterocycles. The fraction of sp³-hybridized carbons (Fsp3) is 0.524. The summed E-state index contributed by atoms with van der Waals surface area (Å²) in [6.07, 6.45) is 0.291. The fourth-order valence-corrected chi connectivity index (χ4v) is 4.52. The molecule has 4 atom stereocenters. The minimum Gasteiger partial charge on any atom is -0.468 e. The summed E-state index contributed by atoms with van der Waals surface area (Å²) >= 11 is 0. The lowest BCUT2D eigenvalue weighted by atomic mass is 9.78. The van der Waals surface area contributed by atoms with Gasteiger partial charge in [-0.2, -0.15) is 0 Å². The van der Waals surface area contributed by atoms with Gasteiger partial charge in [0.25, 0.3) is 0 Å². The van der Waals surface area contributed by atoms with E-state index in [2.05, 4.69) is 5.32 Å². The van der Waals surface area contributed by atoms with Crippen LogP contribution in [0.15, 0.2) is 30.3 Å². The number of hydrogen-bond acceptors (Lipinski definition) is 6. The third-order valence-electron chi connectivity index (χ3n) is 6.15. The van der Waals surface area contributed by atoms with Gasteiger partial charge >= 0.3 is 5.97 Å². The summed E-state index contributed by atoms with van der Waals surface area (Å²) in [7, 11) is 2.90. The lowest BCUT2D eigenvalue weighted by molar-refractivity contribution is -0.154. The highest BCUT2D eigenvalue weighted by molar-refractivity contribution is 6.09. The number of ether oxygens (including phenoxy) is 1. The molecule has 3 rings (SSSR count). The van der Waals surface area contributed by atoms with Gasteiger partial charge in [-0.05, 0) is 12.0 Å². The van der Waals surface area contributed by atoms with Gasteiger partial charge < -0.3 is 9.64 Å². The molecule has 2 aliphatic rings. The maximum atomic E-state index is 13.3. The van der Waals surface area contributed by atoms with E-state index >= 15 is 0 Å². The quantitative estimate of drug-likeness (QED) is 0.553. The van der Waals surface area contributed by atoms with Gasteiger partial charge in [-0.1, -0.05) is 37.3 Å². The molecule has 0 saturated carbocycles. The van der Waals surface area contributed by atoms with Crippen LogP contribution in [-0.2, 0) is 30.5 Å². The molecule has 156 valence electrons. The van der Waals surface area contributed by atoms with Crippen molar-refractivity contribution in [1.29, 1.82) is 0 Å². The molecule has 1 aromatic carbocycles. The predicted octanol–water partition coefficient (Wildman–Crippen LogP) is 0.560. The van der Waals surface area contributed by atoms with Crippen molar-refractivity contribution >= 4 is 23.7 Å². The fourth-order valence-electron chi connectivity index (χ4n) is 4.52. The number of benzene rings is 1. The SMILES string of the molecule is CC[C@@]1(C(=O)OC)N[C@H](CN(C)C(C)=O)[C@@H]2C(=O)N(Cc3ccccc3)C(=O)[C@@H]21. The van der Waals surface area contributed by atoms with E-state index in [-0.39, 0.29) is 30.8 Å². The summed E-state index contributed by atoms with van der Waals surface area (Å²) in [4.78, 5) is 53.8. The van der Waals surface area contributed by atoms with Crippen LogP contribution in [0.1, 0.15) is 25.8 Å². The first kappa shape index (κ1) is 21.0. The van der Waals surface area contributed by atoms with Crippen molar-refractivity contribution < 1.29 is 23.9 Å². The number of hydrogen-bond donors (Lipinski definition) is 1. The maximum Gasteiger partial charge on any atom is 0.326 e. The van der Waals surface area contributed by atoms with E-state index in [9.17, 15) is 19.2 Å². The van der Waals surface area contributed by atoms with Gasteiger partial charge in [0.05, 0.1) is 25.5 Å². The Morgan fingerprint density at radius 2 is 1.86 bits per heavy atom. The molecule has 0 unspecified atom stereocenters. The first-order valence-electron chi connectivity index (χ1n) is 9.73. The van der Waals surface area contributed by atoms with E-state index in [1.165, 1.54) is 23.8 Å². The smallest absolute Gasteiger partial charge is 0.326 e.